The summed E-state index contributed by atoms with van der Waals surface area (Å²) >= 11 is 0. The highest BCUT2D eigenvalue weighted by Crippen LogP contribution is 2.43. The van der Waals surface area contributed by atoms with Crippen LogP contribution in [0.1, 0.15) is 38.4 Å². The number of aryl methyl sites for hydroxylation is 1. The zero-order chi connectivity index (χ0) is 12.6. The van der Waals surface area contributed by atoms with E-state index in [-0.39, 0.29) is 5.41 Å². The van der Waals surface area contributed by atoms with Crippen molar-refractivity contribution in [2.45, 2.75) is 44.6 Å². The van der Waals surface area contributed by atoms with Gasteiger partial charge in [-0.25, -0.2) is 4.98 Å². The third-order valence-corrected chi connectivity index (χ3v) is 4.28. The van der Waals surface area contributed by atoms with Gasteiger partial charge in [-0.3, -0.25) is 0 Å². The number of hydrogen-bond donors (Lipinski definition) is 1. The number of para-hydroxylation sites is 2. The number of fused-ring (bicyclic) bond motifs is 1. The van der Waals surface area contributed by atoms with E-state index in [2.05, 4.69) is 35.8 Å². The number of nitrogens with zero attached hydrogens (tertiary/aromatic N) is 2. The van der Waals surface area contributed by atoms with Gasteiger partial charge in [0.15, 0.2) is 0 Å². The van der Waals surface area contributed by atoms with Gasteiger partial charge in [-0.2, -0.15) is 0 Å². The molecule has 0 aliphatic heterocycles. The predicted octanol–water partition coefficient (Wildman–Crippen LogP) is 2.83. The Morgan fingerprint density at radius 3 is 2.72 bits per heavy atom. The molecule has 1 aromatic heterocycles. The summed E-state index contributed by atoms with van der Waals surface area (Å²) in [5.74, 6) is 1.22. The van der Waals surface area contributed by atoms with Gasteiger partial charge in [-0.1, -0.05) is 25.5 Å². The molecule has 2 N–H and O–H groups in total. The lowest BCUT2D eigenvalue weighted by Gasteiger charge is -2.40. The van der Waals surface area contributed by atoms with Gasteiger partial charge < -0.3 is 10.3 Å². The van der Waals surface area contributed by atoms with E-state index in [4.69, 9.17) is 10.7 Å². The van der Waals surface area contributed by atoms with Gasteiger partial charge >= 0.3 is 0 Å². The zero-order valence-electron chi connectivity index (χ0n) is 11.0. The van der Waals surface area contributed by atoms with Gasteiger partial charge in [-0.05, 0) is 31.4 Å². The van der Waals surface area contributed by atoms with Crippen LogP contribution >= 0.6 is 0 Å². The molecule has 96 valence electrons. The van der Waals surface area contributed by atoms with E-state index in [1.165, 1.54) is 30.6 Å². The molecule has 1 saturated carbocycles. The van der Waals surface area contributed by atoms with Gasteiger partial charge in [0.05, 0.1) is 11.0 Å². The van der Waals surface area contributed by atoms with Crippen molar-refractivity contribution in [1.29, 1.82) is 0 Å². The topological polar surface area (TPSA) is 43.8 Å². The number of hydrogen-bond acceptors (Lipinski definition) is 2. The van der Waals surface area contributed by atoms with Gasteiger partial charge in [0.2, 0.25) is 0 Å². The summed E-state index contributed by atoms with van der Waals surface area (Å²) in [6.07, 6.45) is 4.80. The fraction of sp³-hybridized carbons (Fsp3) is 0.533. The maximum absolute atomic E-state index is 6.03. The van der Waals surface area contributed by atoms with Crippen molar-refractivity contribution in [2.75, 3.05) is 6.54 Å². The molecule has 3 heteroatoms. The van der Waals surface area contributed by atoms with Crippen LogP contribution in [0.25, 0.3) is 11.0 Å². The fourth-order valence-electron chi connectivity index (χ4n) is 3.05. The van der Waals surface area contributed by atoms with Crippen LogP contribution in [-0.2, 0) is 12.0 Å². The predicted molar refractivity (Wildman–Crippen MR) is 74.6 cm³/mol. The van der Waals surface area contributed by atoms with Crippen molar-refractivity contribution in [3.05, 3.63) is 30.1 Å². The average molecular weight is 243 g/mol. The van der Waals surface area contributed by atoms with Crippen LogP contribution in [-0.4, -0.2) is 16.1 Å². The van der Waals surface area contributed by atoms with Gasteiger partial charge in [0.1, 0.15) is 5.82 Å². The molecule has 3 rings (SSSR count). The molecule has 0 spiro atoms. The average Bonchev–Trinajstić information content (AvgIpc) is 2.69. The lowest BCUT2D eigenvalue weighted by atomic mass is 9.68. The van der Waals surface area contributed by atoms with Crippen molar-refractivity contribution in [1.82, 2.24) is 9.55 Å². The van der Waals surface area contributed by atoms with E-state index in [9.17, 15) is 0 Å². The molecule has 0 saturated heterocycles. The number of aromatic nitrogens is 2. The summed E-state index contributed by atoms with van der Waals surface area (Å²) in [5.41, 5.74) is 8.55. The van der Waals surface area contributed by atoms with E-state index in [0.717, 1.165) is 25.0 Å². The Morgan fingerprint density at radius 2 is 2.11 bits per heavy atom. The molecule has 0 bridgehead atoms. The highest BCUT2D eigenvalue weighted by atomic mass is 15.1. The summed E-state index contributed by atoms with van der Waals surface area (Å²) in [5, 5.41) is 0. The summed E-state index contributed by atoms with van der Waals surface area (Å²) in [4.78, 5) is 4.88. The van der Waals surface area contributed by atoms with Crippen LogP contribution in [0.3, 0.4) is 0 Å². The summed E-state index contributed by atoms with van der Waals surface area (Å²) in [6.45, 7) is 3.98. The quantitative estimate of drug-likeness (QED) is 0.897. The molecule has 0 atom stereocenters. The van der Waals surface area contributed by atoms with Gasteiger partial charge in [0, 0.05) is 18.5 Å². The molecule has 0 radical (unpaired) electrons. The molecule has 1 aliphatic rings. The molecular weight excluding hydrogens is 222 g/mol. The summed E-state index contributed by atoms with van der Waals surface area (Å²) in [6, 6.07) is 8.43. The van der Waals surface area contributed by atoms with Crippen LogP contribution < -0.4 is 5.73 Å². The molecular formula is C15H21N3. The van der Waals surface area contributed by atoms with E-state index in [1.54, 1.807) is 0 Å². The molecule has 2 aromatic rings. The van der Waals surface area contributed by atoms with Gasteiger partial charge in [0.25, 0.3) is 0 Å². The third-order valence-electron chi connectivity index (χ3n) is 4.28. The molecule has 1 aliphatic carbocycles. The Kier molecular flexibility index (Phi) is 2.86. The first-order chi connectivity index (χ1) is 8.80. The van der Waals surface area contributed by atoms with Gasteiger partial charge in [-0.15, -0.1) is 0 Å². The number of nitrogens with two attached hydrogens (primary N) is 1. The lowest BCUT2D eigenvalue weighted by molar-refractivity contribution is 0.231. The minimum absolute atomic E-state index is 0.147. The minimum Gasteiger partial charge on any atom is -0.329 e. The Hall–Kier alpha value is -1.35. The number of rotatable bonds is 4. The highest BCUT2D eigenvalue weighted by molar-refractivity contribution is 5.76. The Morgan fingerprint density at radius 1 is 1.33 bits per heavy atom. The lowest BCUT2D eigenvalue weighted by Crippen LogP contribution is -2.43. The fourth-order valence-corrected chi connectivity index (χ4v) is 3.05. The van der Waals surface area contributed by atoms with Crippen molar-refractivity contribution in [3.63, 3.8) is 0 Å². The van der Waals surface area contributed by atoms with Crippen molar-refractivity contribution in [2.24, 2.45) is 5.73 Å². The molecule has 1 aromatic carbocycles. The SMILES string of the molecule is CCCn1c(C2(CN)CCC2)nc2ccccc21. The Labute approximate surface area is 108 Å². The van der Waals surface area contributed by atoms with Crippen molar-refractivity contribution in [3.8, 4) is 0 Å². The van der Waals surface area contributed by atoms with Crippen LogP contribution in [0.4, 0.5) is 0 Å². The Balaban J connectivity index is 2.18. The second kappa shape index (κ2) is 4.39. The smallest absolute Gasteiger partial charge is 0.117 e. The van der Waals surface area contributed by atoms with E-state index in [0.29, 0.717) is 0 Å². The maximum Gasteiger partial charge on any atom is 0.117 e. The maximum atomic E-state index is 6.03. The van der Waals surface area contributed by atoms with Crippen LogP contribution in [0.5, 0.6) is 0 Å². The summed E-state index contributed by atoms with van der Waals surface area (Å²) in [7, 11) is 0. The molecule has 18 heavy (non-hydrogen) atoms. The minimum atomic E-state index is 0.147. The normalized spacial score (nSPS) is 17.9. The van der Waals surface area contributed by atoms with Crippen LogP contribution in [0, 0.1) is 0 Å². The molecule has 0 amide bonds. The van der Waals surface area contributed by atoms with E-state index >= 15 is 0 Å². The highest BCUT2D eigenvalue weighted by Gasteiger charge is 2.41. The number of imidazole rings is 1. The van der Waals surface area contributed by atoms with Crippen molar-refractivity contribution >= 4 is 11.0 Å². The first-order valence-corrected chi connectivity index (χ1v) is 6.96. The molecule has 0 unspecified atom stereocenters. The molecule has 1 fully saturated rings. The second-order valence-electron chi connectivity index (χ2n) is 5.41. The largest absolute Gasteiger partial charge is 0.329 e. The molecule has 1 heterocycles. The monoisotopic (exact) mass is 243 g/mol. The van der Waals surface area contributed by atoms with Crippen LogP contribution in [0.15, 0.2) is 24.3 Å². The van der Waals surface area contributed by atoms with Crippen molar-refractivity contribution < 1.29 is 0 Å². The van der Waals surface area contributed by atoms with E-state index < -0.39 is 0 Å². The first-order valence-electron chi connectivity index (χ1n) is 6.96. The zero-order valence-corrected chi connectivity index (χ0v) is 11.0. The Bertz CT molecular complexity index is 546. The third kappa shape index (κ3) is 1.57. The van der Waals surface area contributed by atoms with E-state index in [1.807, 2.05) is 0 Å². The summed E-state index contributed by atoms with van der Waals surface area (Å²) < 4.78 is 2.39. The standard InChI is InChI=1S/C15H21N3/c1-2-10-18-13-7-4-3-6-12(13)17-14(18)15(11-16)8-5-9-15/h3-4,6-7H,2,5,8-11,16H2,1H3. The molecule has 3 nitrogen and oxygen atoms in total. The second-order valence-corrected chi connectivity index (χ2v) is 5.41. The number of benzene rings is 1. The first kappa shape index (κ1) is 11.7. The van der Waals surface area contributed by atoms with Crippen LogP contribution in [0.2, 0.25) is 0 Å².